The lowest BCUT2D eigenvalue weighted by Crippen LogP contribution is -2.38. The smallest absolute Gasteiger partial charge is 0.321 e. The van der Waals surface area contributed by atoms with Crippen molar-refractivity contribution in [3.63, 3.8) is 0 Å². The summed E-state index contributed by atoms with van der Waals surface area (Å²) in [6, 6.07) is 0. The summed E-state index contributed by atoms with van der Waals surface area (Å²) >= 11 is 1.68. The van der Waals surface area contributed by atoms with Crippen molar-refractivity contribution >= 4 is 28.5 Å². The normalized spacial score (nSPS) is 14.1. The Morgan fingerprint density at radius 2 is 2.08 bits per heavy atom. The van der Waals surface area contributed by atoms with Crippen molar-refractivity contribution in [1.29, 1.82) is 0 Å². The lowest BCUT2D eigenvalue weighted by Gasteiger charge is -2.17. The van der Waals surface area contributed by atoms with Gasteiger partial charge in [-0.3, -0.25) is 9.00 Å². The zero-order chi connectivity index (χ0) is 10.5. The fourth-order valence-electron chi connectivity index (χ4n) is 0.631. The van der Waals surface area contributed by atoms with Gasteiger partial charge in [0.1, 0.15) is 4.75 Å². The molecule has 0 radical (unpaired) electrons. The highest BCUT2D eigenvalue weighted by Crippen LogP contribution is 2.14. The monoisotopic (exact) mass is 224 g/mol. The van der Waals surface area contributed by atoms with Gasteiger partial charge < -0.3 is 5.11 Å². The van der Waals surface area contributed by atoms with Gasteiger partial charge in [-0.2, -0.15) is 11.8 Å². The second-order valence-corrected chi connectivity index (χ2v) is 6.58. The first kappa shape index (κ1) is 13.0. The summed E-state index contributed by atoms with van der Waals surface area (Å²) in [5.74, 6) is 1.20. The van der Waals surface area contributed by atoms with E-state index in [1.165, 1.54) is 13.8 Å². The number of rotatable bonds is 6. The molecule has 0 saturated carbocycles. The van der Waals surface area contributed by atoms with Crippen molar-refractivity contribution in [2.24, 2.45) is 0 Å². The van der Waals surface area contributed by atoms with Crippen LogP contribution in [0.2, 0.25) is 0 Å². The van der Waals surface area contributed by atoms with Crippen LogP contribution in [0.4, 0.5) is 0 Å². The Labute approximate surface area is 85.7 Å². The minimum Gasteiger partial charge on any atom is -0.480 e. The lowest BCUT2D eigenvalue weighted by atomic mass is 10.2. The van der Waals surface area contributed by atoms with Crippen LogP contribution < -0.4 is 0 Å². The lowest BCUT2D eigenvalue weighted by molar-refractivity contribution is -0.139. The molecule has 1 N–H and O–H groups in total. The van der Waals surface area contributed by atoms with Crippen LogP contribution in [0, 0.1) is 0 Å². The number of carboxylic acid groups (broad SMARTS) is 1. The van der Waals surface area contributed by atoms with Gasteiger partial charge in [-0.1, -0.05) is 6.92 Å². The van der Waals surface area contributed by atoms with Crippen LogP contribution in [0.5, 0.6) is 0 Å². The fourth-order valence-corrected chi connectivity index (χ4v) is 2.70. The minimum atomic E-state index is -1.28. The molecule has 0 aliphatic carbocycles. The van der Waals surface area contributed by atoms with E-state index in [0.29, 0.717) is 5.75 Å². The van der Waals surface area contributed by atoms with Crippen LogP contribution in [-0.2, 0) is 15.6 Å². The summed E-state index contributed by atoms with van der Waals surface area (Å²) < 4.78 is 10.4. The van der Waals surface area contributed by atoms with Crippen LogP contribution in [-0.4, -0.2) is 37.3 Å². The van der Waals surface area contributed by atoms with E-state index >= 15 is 0 Å². The summed E-state index contributed by atoms with van der Waals surface area (Å²) in [5.41, 5.74) is 0. The number of carboxylic acids is 1. The fraction of sp³-hybridized carbons (Fsp3) is 0.875. The topological polar surface area (TPSA) is 54.4 Å². The molecule has 0 saturated heterocycles. The predicted molar refractivity (Wildman–Crippen MR) is 57.7 cm³/mol. The molecule has 0 aromatic heterocycles. The summed E-state index contributed by atoms with van der Waals surface area (Å²) in [4.78, 5) is 10.7. The Morgan fingerprint density at radius 1 is 1.54 bits per heavy atom. The van der Waals surface area contributed by atoms with Crippen LogP contribution in [0.15, 0.2) is 0 Å². The predicted octanol–water partition coefficient (Wildman–Crippen LogP) is 1.35. The average Bonchev–Trinajstić information content (AvgIpc) is 2.04. The average molecular weight is 224 g/mol. The molecule has 0 bridgehead atoms. The Balaban J connectivity index is 4.03. The van der Waals surface area contributed by atoms with Gasteiger partial charge in [0.05, 0.1) is 0 Å². The summed E-state index contributed by atoms with van der Waals surface area (Å²) in [6.45, 7) is 5.03. The van der Waals surface area contributed by atoms with Crippen molar-refractivity contribution in [2.75, 3.05) is 17.3 Å². The highest BCUT2D eigenvalue weighted by molar-refractivity contribution is 8.00. The molecule has 0 amide bonds. The van der Waals surface area contributed by atoms with Crippen molar-refractivity contribution in [2.45, 2.75) is 25.5 Å². The van der Waals surface area contributed by atoms with Crippen molar-refractivity contribution in [3.8, 4) is 0 Å². The molecule has 0 aromatic carbocycles. The molecule has 5 heteroatoms. The minimum absolute atomic E-state index is 0.456. The van der Waals surface area contributed by atoms with Gasteiger partial charge in [-0.05, 0) is 19.6 Å². The van der Waals surface area contributed by atoms with Crippen LogP contribution in [0.1, 0.15) is 20.8 Å². The van der Waals surface area contributed by atoms with Gasteiger partial charge in [-0.15, -0.1) is 0 Å². The summed E-state index contributed by atoms with van der Waals surface area (Å²) in [7, 11) is -1.28. The number of hydrogen-bond acceptors (Lipinski definition) is 3. The second kappa shape index (κ2) is 5.65. The second-order valence-electron chi connectivity index (χ2n) is 3.06. The Kier molecular flexibility index (Phi) is 5.64. The molecular weight excluding hydrogens is 208 g/mol. The molecule has 0 heterocycles. The van der Waals surface area contributed by atoms with Crippen molar-refractivity contribution < 1.29 is 14.1 Å². The zero-order valence-corrected chi connectivity index (χ0v) is 9.83. The summed E-state index contributed by atoms with van der Waals surface area (Å²) in [5, 5.41) is 8.77. The van der Waals surface area contributed by atoms with Crippen LogP contribution in [0.25, 0.3) is 0 Å². The maximum Gasteiger partial charge on any atom is 0.321 e. The molecule has 0 aliphatic heterocycles. The van der Waals surface area contributed by atoms with Crippen molar-refractivity contribution in [1.82, 2.24) is 0 Å². The van der Waals surface area contributed by atoms with E-state index in [4.69, 9.17) is 5.11 Å². The molecule has 0 aliphatic rings. The van der Waals surface area contributed by atoms with Gasteiger partial charge in [-0.25, -0.2) is 0 Å². The van der Waals surface area contributed by atoms with Gasteiger partial charge in [0.15, 0.2) is 0 Å². The van der Waals surface area contributed by atoms with Gasteiger partial charge in [0, 0.05) is 22.3 Å². The van der Waals surface area contributed by atoms with E-state index in [1.54, 1.807) is 11.8 Å². The van der Waals surface area contributed by atoms with Crippen LogP contribution in [0.3, 0.4) is 0 Å². The quantitative estimate of drug-likeness (QED) is 0.692. The molecule has 1 unspecified atom stereocenters. The number of carbonyl (C=O) groups is 1. The molecule has 0 aromatic rings. The Morgan fingerprint density at radius 3 is 2.46 bits per heavy atom. The molecule has 1 atom stereocenters. The van der Waals surface area contributed by atoms with E-state index in [9.17, 15) is 9.00 Å². The molecule has 3 nitrogen and oxygen atoms in total. The van der Waals surface area contributed by atoms with Gasteiger partial charge in [0.2, 0.25) is 0 Å². The van der Waals surface area contributed by atoms with Crippen molar-refractivity contribution in [3.05, 3.63) is 0 Å². The van der Waals surface area contributed by atoms with E-state index in [0.717, 1.165) is 11.5 Å². The van der Waals surface area contributed by atoms with Gasteiger partial charge in [0.25, 0.3) is 0 Å². The highest BCUT2D eigenvalue weighted by Gasteiger charge is 2.33. The highest BCUT2D eigenvalue weighted by atomic mass is 32.2. The summed E-state index contributed by atoms with van der Waals surface area (Å²) in [6.07, 6.45) is 0. The zero-order valence-electron chi connectivity index (χ0n) is 8.20. The SMILES string of the molecule is CCSCCS(=O)C(C)(C)C(=O)O. The number of aliphatic carboxylic acids is 1. The Hall–Kier alpha value is -0.0300. The van der Waals surface area contributed by atoms with E-state index in [2.05, 4.69) is 0 Å². The third-order valence-corrected chi connectivity index (χ3v) is 4.75. The number of thioether (sulfide) groups is 1. The molecule has 0 rings (SSSR count). The first-order valence-corrected chi connectivity index (χ1v) is 6.60. The van der Waals surface area contributed by atoms with Gasteiger partial charge >= 0.3 is 5.97 Å². The molecular formula is C8H16O3S2. The third kappa shape index (κ3) is 4.13. The molecule has 0 fully saturated rings. The maximum atomic E-state index is 11.5. The first-order chi connectivity index (χ1) is 5.92. The Bertz CT molecular complexity index is 202. The largest absolute Gasteiger partial charge is 0.480 e. The van der Waals surface area contributed by atoms with Crippen LogP contribution >= 0.6 is 11.8 Å². The van der Waals surface area contributed by atoms with E-state index in [1.807, 2.05) is 6.92 Å². The third-order valence-electron chi connectivity index (χ3n) is 1.70. The molecule has 78 valence electrons. The number of hydrogen-bond donors (Lipinski definition) is 1. The molecule has 0 spiro atoms. The van der Waals surface area contributed by atoms with E-state index in [-0.39, 0.29) is 0 Å². The van der Waals surface area contributed by atoms with E-state index < -0.39 is 21.5 Å². The molecule has 13 heavy (non-hydrogen) atoms. The maximum absolute atomic E-state index is 11.5. The first-order valence-electron chi connectivity index (χ1n) is 4.12. The standard InChI is InChI=1S/C8H16O3S2/c1-4-12-5-6-13(11)8(2,3)7(9)10/h4-6H2,1-3H3,(H,9,10).